The van der Waals surface area contributed by atoms with E-state index in [0.717, 1.165) is 22.4 Å². The molecule has 1 radical (unpaired) electrons. The zero-order chi connectivity index (χ0) is 34.6. The summed E-state index contributed by atoms with van der Waals surface area (Å²) in [5.41, 5.74) is 16.3. The zero-order valence-electron chi connectivity index (χ0n) is 29.3. The molecule has 1 nitrogen and oxygen atoms in total. The quantitative estimate of drug-likeness (QED) is 0.139. The van der Waals surface area contributed by atoms with Crippen LogP contribution in [-0.4, -0.2) is 4.98 Å². The van der Waals surface area contributed by atoms with E-state index in [-0.39, 0.29) is 25.5 Å². The van der Waals surface area contributed by atoms with Crippen LogP contribution in [0.3, 0.4) is 0 Å². The molecule has 1 aromatic heterocycles. The van der Waals surface area contributed by atoms with E-state index in [9.17, 15) is 0 Å². The van der Waals surface area contributed by atoms with Crippen molar-refractivity contribution in [3.8, 4) is 66.9 Å². The number of rotatable bonds is 8. The van der Waals surface area contributed by atoms with Crippen LogP contribution in [0.15, 0.2) is 194 Å². The molecule has 2 heteroatoms. The van der Waals surface area contributed by atoms with Crippen LogP contribution in [0, 0.1) is 6.07 Å². The van der Waals surface area contributed by atoms with Crippen LogP contribution in [0.1, 0.15) is 25.0 Å². The molecule has 0 N–H and O–H groups in total. The number of benzene rings is 7. The summed E-state index contributed by atoms with van der Waals surface area (Å²) >= 11 is 0. The van der Waals surface area contributed by atoms with Crippen LogP contribution in [-0.2, 0) is 25.5 Å². The predicted molar refractivity (Wildman–Crippen MR) is 214 cm³/mol. The minimum atomic E-state index is -0.0758. The van der Waals surface area contributed by atoms with E-state index >= 15 is 0 Å². The van der Waals surface area contributed by atoms with E-state index in [1.165, 1.54) is 55.6 Å². The molecule has 1 heterocycles. The maximum Gasteiger partial charge on any atom is 0.0160 e. The van der Waals surface area contributed by atoms with Gasteiger partial charge in [0.1, 0.15) is 0 Å². The van der Waals surface area contributed by atoms with Crippen molar-refractivity contribution in [1.82, 2.24) is 4.98 Å². The minimum Gasteiger partial charge on any atom is -0.305 e. The summed E-state index contributed by atoms with van der Waals surface area (Å²) < 4.78 is 0. The molecule has 8 aromatic rings. The Hall–Kier alpha value is -5.66. The first-order chi connectivity index (χ1) is 25.0. The smallest absolute Gasteiger partial charge is 0.0160 e. The molecule has 0 spiro atoms. The summed E-state index contributed by atoms with van der Waals surface area (Å²) in [7, 11) is 0. The predicted octanol–water partition coefficient (Wildman–Crippen LogP) is 13.2. The van der Waals surface area contributed by atoms with Gasteiger partial charge in [-0.2, -0.15) is 0 Å². The molecule has 0 unspecified atom stereocenters. The van der Waals surface area contributed by atoms with Gasteiger partial charge in [-0.25, -0.2) is 0 Å². The van der Waals surface area contributed by atoms with Crippen LogP contribution in [0.5, 0.6) is 0 Å². The first-order valence-corrected chi connectivity index (χ1v) is 17.5. The van der Waals surface area contributed by atoms with E-state index in [1.807, 2.05) is 30.5 Å². The molecular formula is C50H38IrN-. The zero-order valence-corrected chi connectivity index (χ0v) is 31.7. The molecule has 0 bridgehead atoms. The van der Waals surface area contributed by atoms with Crippen LogP contribution in [0.25, 0.3) is 66.9 Å². The first kappa shape index (κ1) is 34.8. The standard InChI is InChI=1S/C50H38N.Ir/c1-50(2,47-22-7-4-8-23-47)48-27-25-37(26-28-48)38-16-11-19-41(30-38)45-33-44(36-14-5-3-6-15-36)34-46(35-45)42-20-12-17-39(31-42)40-18-13-21-43(32-40)49-24-9-10-29-51-49;/h3-20,22-35H,1-2H3;/q-1;. The van der Waals surface area contributed by atoms with E-state index in [0.29, 0.717) is 0 Å². The second-order valence-corrected chi connectivity index (χ2v) is 13.6. The van der Waals surface area contributed by atoms with Crippen molar-refractivity contribution in [2.24, 2.45) is 0 Å². The van der Waals surface area contributed by atoms with Gasteiger partial charge in [0.05, 0.1) is 0 Å². The Labute approximate surface area is 321 Å². The fraction of sp³-hybridized carbons (Fsp3) is 0.0600. The minimum absolute atomic E-state index is 0. The van der Waals surface area contributed by atoms with Gasteiger partial charge in [0, 0.05) is 31.7 Å². The number of pyridine rings is 1. The average Bonchev–Trinajstić information content (AvgIpc) is 3.22. The Bertz CT molecular complexity index is 2410. The Morgan fingerprint density at radius 3 is 1.42 bits per heavy atom. The Kier molecular flexibility index (Phi) is 10.2. The van der Waals surface area contributed by atoms with Crippen molar-refractivity contribution in [3.63, 3.8) is 0 Å². The monoisotopic (exact) mass is 845 g/mol. The topological polar surface area (TPSA) is 12.9 Å². The Morgan fingerprint density at radius 2 is 0.827 bits per heavy atom. The van der Waals surface area contributed by atoms with Crippen LogP contribution >= 0.6 is 0 Å². The second-order valence-electron chi connectivity index (χ2n) is 13.6. The third-order valence-corrected chi connectivity index (χ3v) is 9.94. The molecule has 7 aromatic carbocycles. The first-order valence-electron chi connectivity index (χ1n) is 17.5. The molecule has 0 aliphatic rings. The third kappa shape index (κ3) is 7.36. The molecule has 0 atom stereocenters. The summed E-state index contributed by atoms with van der Waals surface area (Å²) in [6.07, 6.45) is 1.83. The number of aromatic nitrogens is 1. The van der Waals surface area contributed by atoms with Crippen molar-refractivity contribution in [2.75, 3.05) is 0 Å². The molecule has 0 amide bonds. The van der Waals surface area contributed by atoms with Crippen molar-refractivity contribution < 1.29 is 20.1 Å². The molecule has 0 aliphatic carbocycles. The van der Waals surface area contributed by atoms with Crippen molar-refractivity contribution in [2.45, 2.75) is 19.3 Å². The van der Waals surface area contributed by atoms with Gasteiger partial charge in [-0.15, -0.1) is 35.4 Å². The van der Waals surface area contributed by atoms with Gasteiger partial charge in [0.2, 0.25) is 0 Å². The van der Waals surface area contributed by atoms with Gasteiger partial charge < -0.3 is 4.98 Å². The van der Waals surface area contributed by atoms with Gasteiger partial charge >= 0.3 is 0 Å². The molecule has 52 heavy (non-hydrogen) atoms. The molecule has 0 saturated heterocycles. The van der Waals surface area contributed by atoms with Gasteiger partial charge in [0.15, 0.2) is 0 Å². The van der Waals surface area contributed by atoms with E-state index < -0.39 is 0 Å². The summed E-state index contributed by atoms with van der Waals surface area (Å²) in [6.45, 7) is 4.59. The molecule has 0 fully saturated rings. The number of hydrogen-bond donors (Lipinski definition) is 0. The van der Waals surface area contributed by atoms with Gasteiger partial charge in [-0.05, 0) is 103 Å². The number of hydrogen-bond acceptors (Lipinski definition) is 1. The molecule has 253 valence electrons. The van der Waals surface area contributed by atoms with Crippen molar-refractivity contribution >= 4 is 0 Å². The fourth-order valence-corrected chi connectivity index (χ4v) is 6.93. The molecular weight excluding hydrogens is 807 g/mol. The summed E-state index contributed by atoms with van der Waals surface area (Å²) in [5.74, 6) is 0. The fourth-order valence-electron chi connectivity index (χ4n) is 6.93. The van der Waals surface area contributed by atoms with Crippen LogP contribution in [0.2, 0.25) is 0 Å². The largest absolute Gasteiger partial charge is 0.305 e. The van der Waals surface area contributed by atoms with Crippen LogP contribution in [0.4, 0.5) is 0 Å². The normalized spacial score (nSPS) is 11.1. The summed E-state index contributed by atoms with van der Waals surface area (Å²) in [5, 5.41) is 0. The number of nitrogens with zero attached hydrogens (tertiary/aromatic N) is 1. The average molecular weight is 845 g/mol. The molecule has 0 aliphatic heterocycles. The van der Waals surface area contributed by atoms with Crippen LogP contribution < -0.4 is 0 Å². The Morgan fingerprint density at radius 1 is 0.385 bits per heavy atom. The maximum atomic E-state index is 4.54. The SMILES string of the molecule is CC(C)(c1ccccc1)c1ccc(-c2cccc(-c3cc(-c4ccccc4)cc(-c4cccc(-c5cc[c-]c(-c6ccccn6)c5)c4)c3)c2)cc1.[Ir]. The maximum absolute atomic E-state index is 4.54. The van der Waals surface area contributed by atoms with Gasteiger partial charge in [0.25, 0.3) is 0 Å². The molecule has 0 saturated carbocycles. The summed E-state index contributed by atoms with van der Waals surface area (Å²) in [6, 6.07) is 70.8. The van der Waals surface area contributed by atoms with Crippen molar-refractivity contribution in [3.05, 3.63) is 211 Å². The van der Waals surface area contributed by atoms with E-state index in [4.69, 9.17) is 0 Å². The second kappa shape index (κ2) is 15.3. The molecule has 8 rings (SSSR count). The third-order valence-electron chi connectivity index (χ3n) is 9.94. The summed E-state index contributed by atoms with van der Waals surface area (Å²) in [4.78, 5) is 4.54. The van der Waals surface area contributed by atoms with Gasteiger partial charge in [-0.3, -0.25) is 0 Å². The van der Waals surface area contributed by atoms with E-state index in [1.54, 1.807) is 0 Å². The Balaban J connectivity index is 0.00000420. The van der Waals surface area contributed by atoms with E-state index in [2.05, 4.69) is 189 Å². The van der Waals surface area contributed by atoms with Gasteiger partial charge in [-0.1, -0.05) is 147 Å². The van der Waals surface area contributed by atoms with Crippen molar-refractivity contribution in [1.29, 1.82) is 0 Å².